The Morgan fingerprint density at radius 3 is 2.58 bits per heavy atom. The van der Waals surface area contributed by atoms with Crippen LogP contribution >= 0.6 is 0 Å². The highest BCUT2D eigenvalue weighted by molar-refractivity contribution is 6.13. The highest BCUT2D eigenvalue weighted by atomic mass is 19.4. The number of carbonyl (C=O) groups is 1. The van der Waals surface area contributed by atoms with Gasteiger partial charge in [-0.1, -0.05) is 6.92 Å². The van der Waals surface area contributed by atoms with Crippen LogP contribution in [0.15, 0.2) is 23.3 Å². The fraction of sp³-hybridized carbons (Fsp3) is 0.333. The van der Waals surface area contributed by atoms with Crippen LogP contribution in [0.5, 0.6) is 0 Å². The van der Waals surface area contributed by atoms with Crippen LogP contribution in [0.3, 0.4) is 0 Å². The molecule has 1 amide bonds. The standard InChI is InChI=1S/C12H12F3N3O/c1-2-8-6-11(19)18(17-8)10-4-3-7(5-9(10)16)12(13,14)15/h3-5H,2,6,16H2,1H3. The average molecular weight is 271 g/mol. The quantitative estimate of drug-likeness (QED) is 0.841. The normalized spacial score (nSPS) is 15.9. The lowest BCUT2D eigenvalue weighted by Gasteiger charge is -2.16. The number of halogens is 3. The molecule has 2 rings (SSSR count). The van der Waals surface area contributed by atoms with E-state index in [-0.39, 0.29) is 23.7 Å². The molecule has 1 aromatic rings. The molecular formula is C12H12F3N3O. The average Bonchev–Trinajstić information content (AvgIpc) is 2.69. The van der Waals surface area contributed by atoms with Gasteiger partial charge in [0.25, 0.3) is 5.91 Å². The number of nitrogens with two attached hydrogens (primary N) is 1. The number of benzene rings is 1. The van der Waals surface area contributed by atoms with Gasteiger partial charge in [0.2, 0.25) is 0 Å². The predicted octanol–water partition coefficient (Wildman–Crippen LogP) is 2.79. The first-order valence-electron chi connectivity index (χ1n) is 5.69. The molecule has 0 aromatic heterocycles. The smallest absolute Gasteiger partial charge is 0.397 e. The maximum absolute atomic E-state index is 12.5. The van der Waals surface area contributed by atoms with Gasteiger partial charge in [-0.15, -0.1) is 0 Å². The molecule has 0 radical (unpaired) electrons. The molecule has 102 valence electrons. The van der Waals surface area contributed by atoms with Crippen molar-refractivity contribution in [3.05, 3.63) is 23.8 Å². The molecular weight excluding hydrogens is 259 g/mol. The van der Waals surface area contributed by atoms with Gasteiger partial charge in [-0.05, 0) is 24.6 Å². The second-order valence-electron chi connectivity index (χ2n) is 4.17. The van der Waals surface area contributed by atoms with E-state index in [2.05, 4.69) is 5.10 Å². The Hall–Kier alpha value is -2.05. The van der Waals surface area contributed by atoms with Gasteiger partial charge >= 0.3 is 6.18 Å². The monoisotopic (exact) mass is 271 g/mol. The van der Waals surface area contributed by atoms with E-state index in [1.54, 1.807) is 0 Å². The van der Waals surface area contributed by atoms with E-state index in [1.807, 2.05) is 6.92 Å². The van der Waals surface area contributed by atoms with E-state index in [0.29, 0.717) is 12.1 Å². The van der Waals surface area contributed by atoms with Crippen LogP contribution in [-0.2, 0) is 11.0 Å². The third-order valence-corrected chi connectivity index (χ3v) is 2.82. The lowest BCUT2D eigenvalue weighted by Crippen LogP contribution is -2.21. The Balaban J connectivity index is 2.37. The molecule has 0 atom stereocenters. The van der Waals surface area contributed by atoms with Crippen molar-refractivity contribution in [3.8, 4) is 0 Å². The minimum Gasteiger partial charge on any atom is -0.397 e. The third kappa shape index (κ3) is 2.54. The van der Waals surface area contributed by atoms with E-state index in [0.717, 1.165) is 23.2 Å². The van der Waals surface area contributed by atoms with Crippen molar-refractivity contribution in [2.24, 2.45) is 5.10 Å². The number of hydrogen-bond donors (Lipinski definition) is 1. The van der Waals surface area contributed by atoms with Gasteiger partial charge in [-0.25, -0.2) is 0 Å². The van der Waals surface area contributed by atoms with E-state index in [4.69, 9.17) is 5.73 Å². The minimum atomic E-state index is -4.46. The summed E-state index contributed by atoms with van der Waals surface area (Å²) in [5, 5.41) is 5.11. The number of nitrogen functional groups attached to an aromatic ring is 1. The largest absolute Gasteiger partial charge is 0.416 e. The predicted molar refractivity (Wildman–Crippen MR) is 65.7 cm³/mol. The molecule has 1 heterocycles. The van der Waals surface area contributed by atoms with Gasteiger partial charge in [-0.3, -0.25) is 4.79 Å². The van der Waals surface area contributed by atoms with Crippen LogP contribution in [-0.4, -0.2) is 11.6 Å². The zero-order valence-electron chi connectivity index (χ0n) is 10.2. The van der Waals surface area contributed by atoms with Gasteiger partial charge in [0.05, 0.1) is 23.4 Å². The highest BCUT2D eigenvalue weighted by Crippen LogP contribution is 2.35. The van der Waals surface area contributed by atoms with Crippen LogP contribution in [0.1, 0.15) is 25.3 Å². The van der Waals surface area contributed by atoms with E-state index >= 15 is 0 Å². The minimum absolute atomic E-state index is 0.121. The van der Waals surface area contributed by atoms with Crippen LogP contribution < -0.4 is 10.7 Å². The summed E-state index contributed by atoms with van der Waals surface area (Å²) < 4.78 is 37.5. The molecule has 19 heavy (non-hydrogen) atoms. The second kappa shape index (κ2) is 4.56. The molecule has 0 aliphatic carbocycles. The van der Waals surface area contributed by atoms with E-state index < -0.39 is 11.7 Å². The number of hydrazone groups is 1. The van der Waals surface area contributed by atoms with Crippen LogP contribution in [0.25, 0.3) is 0 Å². The number of alkyl halides is 3. The van der Waals surface area contributed by atoms with Crippen molar-refractivity contribution < 1.29 is 18.0 Å². The zero-order chi connectivity index (χ0) is 14.2. The van der Waals surface area contributed by atoms with Crippen molar-refractivity contribution in [2.75, 3.05) is 10.7 Å². The van der Waals surface area contributed by atoms with Crippen molar-refractivity contribution in [1.29, 1.82) is 0 Å². The van der Waals surface area contributed by atoms with Gasteiger partial charge in [0.15, 0.2) is 0 Å². The van der Waals surface area contributed by atoms with Crippen LogP contribution in [0.4, 0.5) is 24.5 Å². The summed E-state index contributed by atoms with van der Waals surface area (Å²) in [7, 11) is 0. The fourth-order valence-corrected chi connectivity index (χ4v) is 1.79. The maximum Gasteiger partial charge on any atom is 0.416 e. The Bertz CT molecular complexity index is 552. The molecule has 0 saturated carbocycles. The topological polar surface area (TPSA) is 58.7 Å². The number of nitrogens with zero attached hydrogens (tertiary/aromatic N) is 2. The zero-order valence-corrected chi connectivity index (χ0v) is 10.2. The summed E-state index contributed by atoms with van der Waals surface area (Å²) in [5.41, 5.74) is 5.48. The first-order valence-corrected chi connectivity index (χ1v) is 5.69. The third-order valence-electron chi connectivity index (χ3n) is 2.82. The summed E-state index contributed by atoms with van der Waals surface area (Å²) in [4.78, 5) is 11.7. The lowest BCUT2D eigenvalue weighted by molar-refractivity contribution is -0.137. The van der Waals surface area contributed by atoms with Gasteiger partial charge in [0, 0.05) is 5.71 Å². The van der Waals surface area contributed by atoms with Crippen molar-refractivity contribution in [2.45, 2.75) is 25.9 Å². The summed E-state index contributed by atoms with van der Waals surface area (Å²) in [6.07, 6.45) is -3.67. The van der Waals surface area contributed by atoms with Crippen molar-refractivity contribution in [3.63, 3.8) is 0 Å². The molecule has 0 spiro atoms. The molecule has 0 unspecified atom stereocenters. The Morgan fingerprint density at radius 1 is 1.42 bits per heavy atom. The first kappa shape index (κ1) is 13.4. The summed E-state index contributed by atoms with van der Waals surface area (Å²) >= 11 is 0. The molecule has 1 aromatic carbocycles. The molecule has 4 nitrogen and oxygen atoms in total. The lowest BCUT2D eigenvalue weighted by atomic mass is 10.1. The number of hydrogen-bond acceptors (Lipinski definition) is 3. The van der Waals surface area contributed by atoms with Gasteiger partial charge in [-0.2, -0.15) is 23.3 Å². The number of amides is 1. The molecule has 0 bridgehead atoms. The van der Waals surface area contributed by atoms with Gasteiger partial charge < -0.3 is 5.73 Å². The number of rotatable bonds is 2. The molecule has 1 aliphatic heterocycles. The molecule has 1 aliphatic rings. The Morgan fingerprint density at radius 2 is 2.11 bits per heavy atom. The second-order valence-corrected chi connectivity index (χ2v) is 4.17. The van der Waals surface area contributed by atoms with Crippen LogP contribution in [0, 0.1) is 0 Å². The summed E-state index contributed by atoms with van der Waals surface area (Å²) in [6.45, 7) is 1.85. The summed E-state index contributed by atoms with van der Waals surface area (Å²) in [6, 6.07) is 2.86. The Labute approximate surface area is 107 Å². The molecule has 0 saturated heterocycles. The fourth-order valence-electron chi connectivity index (χ4n) is 1.79. The summed E-state index contributed by atoms with van der Waals surface area (Å²) in [5.74, 6) is -0.289. The van der Waals surface area contributed by atoms with Crippen LogP contribution in [0.2, 0.25) is 0 Å². The highest BCUT2D eigenvalue weighted by Gasteiger charge is 2.32. The van der Waals surface area contributed by atoms with Crippen molar-refractivity contribution >= 4 is 23.0 Å². The first-order chi connectivity index (χ1) is 8.82. The van der Waals surface area contributed by atoms with E-state index in [1.165, 1.54) is 0 Å². The molecule has 7 heteroatoms. The van der Waals surface area contributed by atoms with Gasteiger partial charge in [0.1, 0.15) is 0 Å². The SMILES string of the molecule is CCC1=NN(c2ccc(C(F)(F)F)cc2N)C(=O)C1. The number of carbonyl (C=O) groups excluding carboxylic acids is 1. The molecule has 0 fully saturated rings. The number of anilines is 2. The van der Waals surface area contributed by atoms with E-state index in [9.17, 15) is 18.0 Å². The molecule has 2 N–H and O–H groups in total. The van der Waals surface area contributed by atoms with Crippen molar-refractivity contribution in [1.82, 2.24) is 0 Å². The maximum atomic E-state index is 12.5. The Kier molecular flexibility index (Phi) is 3.21.